The van der Waals surface area contributed by atoms with E-state index in [4.69, 9.17) is 26.4 Å². The topological polar surface area (TPSA) is 180 Å². The molecule has 3 amide bonds. The minimum Gasteiger partial charge on any atom is -0.494 e. The largest absolute Gasteiger partial charge is 0.494 e. The van der Waals surface area contributed by atoms with Crippen LogP contribution in [0.5, 0.6) is 11.5 Å². The zero-order chi connectivity index (χ0) is 51.0. The van der Waals surface area contributed by atoms with Crippen molar-refractivity contribution in [2.45, 2.75) is 103 Å². The molecular formula is C51H58F3N9O7S. The molecule has 0 unspecified atom stereocenters. The number of amides is 3. The summed E-state index contributed by atoms with van der Waals surface area (Å²) in [5.74, 6) is 0.647. The maximum atomic E-state index is 14.0. The Hall–Kier alpha value is -6.82. The van der Waals surface area contributed by atoms with Gasteiger partial charge >= 0.3 is 6.18 Å². The first-order chi connectivity index (χ1) is 33.9. The molecule has 3 atom stereocenters. The van der Waals surface area contributed by atoms with E-state index in [-0.39, 0.29) is 48.0 Å². The second-order valence-corrected chi connectivity index (χ2v) is 18.7. The molecule has 0 radical (unpaired) electrons. The van der Waals surface area contributed by atoms with Gasteiger partial charge in [0.15, 0.2) is 10.9 Å². The van der Waals surface area contributed by atoms with E-state index in [2.05, 4.69) is 15.4 Å². The SMILES string of the molecule is Cc1nccn1-c1ccc(CNC(=O)[C@@H]2C[C@@H](O)CN2C(=O)[C@H](C(C)C)n2cc(OCCCOCCCCCOc3ccc(N4C(=S)N(c5ccc(C#N)c(C(F)(F)F)c5)C(=O)C4(C)C)cc3)cn2)cc1. The van der Waals surface area contributed by atoms with Crippen molar-refractivity contribution >= 4 is 46.4 Å². The molecule has 2 saturated heterocycles. The summed E-state index contributed by atoms with van der Waals surface area (Å²) < 4.78 is 62.3. The van der Waals surface area contributed by atoms with Crippen LogP contribution in [0, 0.1) is 24.2 Å². The van der Waals surface area contributed by atoms with Crippen LogP contribution in [-0.2, 0) is 31.8 Å². The normalized spacial score (nSPS) is 17.2. The van der Waals surface area contributed by atoms with Gasteiger partial charge in [-0.1, -0.05) is 26.0 Å². The molecule has 2 N–H and O–H groups in total. The number of anilines is 2. The minimum absolute atomic E-state index is 0.00949. The summed E-state index contributed by atoms with van der Waals surface area (Å²) in [6, 6.07) is 17.8. The van der Waals surface area contributed by atoms with Gasteiger partial charge in [0.2, 0.25) is 11.8 Å². The smallest absolute Gasteiger partial charge is 0.417 e. The van der Waals surface area contributed by atoms with Crippen molar-refractivity contribution in [2.75, 3.05) is 42.8 Å². The van der Waals surface area contributed by atoms with E-state index >= 15 is 0 Å². The summed E-state index contributed by atoms with van der Waals surface area (Å²) in [5, 5.41) is 27.2. The molecule has 2 aliphatic heterocycles. The van der Waals surface area contributed by atoms with Gasteiger partial charge in [0, 0.05) is 62.9 Å². The molecule has 20 heteroatoms. The number of likely N-dealkylation sites (tertiary alicyclic amines) is 1. The fraction of sp³-hybridized carbons (Fsp3) is 0.431. The number of aromatic nitrogens is 4. The summed E-state index contributed by atoms with van der Waals surface area (Å²) in [6.45, 7) is 11.2. The Kier molecular flexibility index (Phi) is 16.5. The molecule has 2 aliphatic rings. The van der Waals surface area contributed by atoms with Crippen LogP contribution in [0.1, 0.15) is 88.4 Å². The molecule has 4 heterocycles. The van der Waals surface area contributed by atoms with Gasteiger partial charge in [-0.3, -0.25) is 24.0 Å². The lowest BCUT2D eigenvalue weighted by atomic mass is 10.0. The summed E-state index contributed by atoms with van der Waals surface area (Å²) >= 11 is 5.63. The maximum Gasteiger partial charge on any atom is 0.417 e. The highest BCUT2D eigenvalue weighted by Gasteiger charge is 2.51. The first-order valence-corrected chi connectivity index (χ1v) is 23.9. The van der Waals surface area contributed by atoms with E-state index in [9.17, 15) is 37.9 Å². The second kappa shape index (κ2) is 22.5. The highest BCUT2D eigenvalue weighted by atomic mass is 32.1. The van der Waals surface area contributed by atoms with Crippen molar-refractivity contribution in [3.8, 4) is 23.3 Å². The molecule has 2 fully saturated rings. The molecule has 0 spiro atoms. The third kappa shape index (κ3) is 12.0. The molecule has 0 bridgehead atoms. The van der Waals surface area contributed by atoms with Crippen molar-refractivity contribution in [1.29, 1.82) is 5.26 Å². The summed E-state index contributed by atoms with van der Waals surface area (Å²) in [7, 11) is 0. The van der Waals surface area contributed by atoms with Crippen molar-refractivity contribution in [3.05, 3.63) is 114 Å². The average Bonchev–Trinajstić information content (AvgIpc) is 4.12. The number of hydrogen-bond acceptors (Lipinski definition) is 11. The van der Waals surface area contributed by atoms with E-state index in [1.807, 2.05) is 55.8 Å². The average molecular weight is 998 g/mol. The quantitative estimate of drug-likeness (QED) is 0.0542. The van der Waals surface area contributed by atoms with Crippen LogP contribution in [0.25, 0.3) is 5.69 Å². The zero-order valence-electron chi connectivity index (χ0n) is 40.3. The molecule has 2 aromatic heterocycles. The summed E-state index contributed by atoms with van der Waals surface area (Å²) in [6.07, 6.45) is 4.48. The molecule has 5 aromatic rings. The number of carbonyl (C=O) groups is 3. The van der Waals surface area contributed by atoms with Crippen LogP contribution in [0.4, 0.5) is 24.5 Å². The number of nitrogens with one attached hydrogen (secondary N) is 1. The minimum atomic E-state index is -4.79. The van der Waals surface area contributed by atoms with Gasteiger partial charge in [0.1, 0.15) is 29.2 Å². The molecular weight excluding hydrogens is 940 g/mol. The highest BCUT2D eigenvalue weighted by Crippen LogP contribution is 2.40. The van der Waals surface area contributed by atoms with Crippen LogP contribution < -0.4 is 24.6 Å². The number of ether oxygens (including phenoxy) is 3. The molecule has 0 saturated carbocycles. The van der Waals surface area contributed by atoms with Gasteiger partial charge in [0.05, 0.1) is 54.6 Å². The van der Waals surface area contributed by atoms with E-state index in [0.717, 1.165) is 53.4 Å². The third-order valence-electron chi connectivity index (χ3n) is 12.5. The monoisotopic (exact) mass is 997 g/mol. The highest BCUT2D eigenvalue weighted by molar-refractivity contribution is 7.81. The van der Waals surface area contributed by atoms with Gasteiger partial charge < -0.3 is 39.0 Å². The number of nitriles is 1. The number of aryl methyl sites for hydroxylation is 1. The summed E-state index contributed by atoms with van der Waals surface area (Å²) in [4.78, 5) is 49.4. The van der Waals surface area contributed by atoms with Gasteiger partial charge in [-0.15, -0.1) is 0 Å². The number of imidazole rings is 1. The Labute approximate surface area is 415 Å². The Balaban J connectivity index is 0.788. The van der Waals surface area contributed by atoms with Crippen molar-refractivity contribution in [2.24, 2.45) is 5.92 Å². The van der Waals surface area contributed by atoms with Crippen LogP contribution in [-0.4, -0.2) is 103 Å². The Morgan fingerprint density at radius 2 is 1.61 bits per heavy atom. The van der Waals surface area contributed by atoms with E-state index in [1.165, 1.54) is 11.0 Å². The van der Waals surface area contributed by atoms with Crippen LogP contribution >= 0.6 is 12.2 Å². The Bertz CT molecular complexity index is 2720. The fourth-order valence-corrected chi connectivity index (χ4v) is 9.26. The van der Waals surface area contributed by atoms with Crippen LogP contribution in [0.3, 0.4) is 0 Å². The number of β-amino-alcohol motifs (C(OH)–C–C–N with tert-alkyl or cyclic N) is 1. The van der Waals surface area contributed by atoms with E-state index in [1.54, 1.807) is 72.4 Å². The lowest BCUT2D eigenvalue weighted by Gasteiger charge is -2.30. The number of nitrogens with zero attached hydrogens (tertiary/aromatic N) is 8. The number of carbonyl (C=O) groups excluding carboxylic acids is 3. The molecule has 3 aromatic carbocycles. The number of halogens is 3. The number of benzene rings is 3. The number of unbranched alkanes of at least 4 members (excludes halogenated alkanes) is 2. The number of aliphatic hydroxyl groups excluding tert-OH is 1. The molecule has 71 heavy (non-hydrogen) atoms. The van der Waals surface area contributed by atoms with E-state index in [0.29, 0.717) is 50.0 Å². The van der Waals surface area contributed by atoms with Gasteiger partial charge in [-0.25, -0.2) is 4.98 Å². The first-order valence-electron chi connectivity index (χ1n) is 23.5. The third-order valence-corrected chi connectivity index (χ3v) is 12.8. The number of thiocarbonyl (C=S) groups is 1. The zero-order valence-corrected chi connectivity index (χ0v) is 41.1. The number of hydrogen-bond donors (Lipinski definition) is 2. The van der Waals surface area contributed by atoms with Gasteiger partial charge in [0.25, 0.3) is 5.91 Å². The number of aliphatic hydroxyl groups is 1. The van der Waals surface area contributed by atoms with Crippen molar-refractivity contribution in [3.63, 3.8) is 0 Å². The fourth-order valence-electron chi connectivity index (χ4n) is 8.74. The predicted octanol–water partition coefficient (Wildman–Crippen LogP) is 7.69. The van der Waals surface area contributed by atoms with Crippen molar-refractivity contribution in [1.82, 2.24) is 29.5 Å². The molecule has 7 rings (SSSR count). The molecule has 376 valence electrons. The van der Waals surface area contributed by atoms with Crippen molar-refractivity contribution < 1.29 is 46.9 Å². The second-order valence-electron chi connectivity index (χ2n) is 18.3. The molecule has 16 nitrogen and oxygen atoms in total. The van der Waals surface area contributed by atoms with E-state index < -0.39 is 46.9 Å². The van der Waals surface area contributed by atoms with Crippen LogP contribution in [0.2, 0.25) is 0 Å². The Morgan fingerprint density at radius 1 is 0.944 bits per heavy atom. The predicted molar refractivity (Wildman–Crippen MR) is 262 cm³/mol. The number of rotatable bonds is 21. The standard InChI is InChI=1S/C51H58F3N9O7S/c1-33(2)45(47(66)60-31-40(64)27-44(60)46(65)57-29-35-10-13-37(14-11-35)59-21-20-56-34(59)3)61-32-42(30-58-61)70-25-9-23-68-22-7-6-8-24-69-41-18-16-38(17-19-41)63-49(71)62(48(67)50(63,4)5)39-15-12-36(28-55)43(26-39)51(52,53)54/h10-21,26,30,32-33,40,44-45,64H,6-9,22-25,27,29,31H2,1-5H3,(H,57,65)/t40-,44+,45+/m1/s1. The van der Waals surface area contributed by atoms with Crippen LogP contribution in [0.15, 0.2) is 91.5 Å². The van der Waals surface area contributed by atoms with Gasteiger partial charge in [-0.2, -0.15) is 23.5 Å². The van der Waals surface area contributed by atoms with Gasteiger partial charge in [-0.05, 0) is 118 Å². The lowest BCUT2D eigenvalue weighted by Crippen LogP contribution is -2.49. The molecule has 0 aliphatic carbocycles. The first kappa shape index (κ1) is 52.0. The Morgan fingerprint density at radius 3 is 2.28 bits per heavy atom. The maximum absolute atomic E-state index is 14.0. The lowest BCUT2D eigenvalue weighted by molar-refractivity contribution is -0.142. The number of alkyl halides is 3. The summed E-state index contributed by atoms with van der Waals surface area (Å²) in [5.41, 5.74) is -0.569.